The molecule has 1 aliphatic rings. The SMILES string of the molecule is Cc1ccccc1[C@H](C)NCC(=O)Nc1ccc(S(=O)(=O)NC2=NCCCCC2)cc1. The van der Waals surface area contributed by atoms with Gasteiger partial charge < -0.3 is 10.6 Å². The summed E-state index contributed by atoms with van der Waals surface area (Å²) in [5, 5.41) is 6.01. The Kier molecular flexibility index (Phi) is 7.81. The predicted octanol–water partition coefficient (Wildman–Crippen LogP) is 3.54. The van der Waals surface area contributed by atoms with Crippen LogP contribution in [0.5, 0.6) is 0 Å². The summed E-state index contributed by atoms with van der Waals surface area (Å²) in [6, 6.07) is 14.2. The summed E-state index contributed by atoms with van der Waals surface area (Å²) in [6.45, 7) is 4.86. The first-order chi connectivity index (χ1) is 14.8. The maximum Gasteiger partial charge on any atom is 0.262 e. The average Bonchev–Trinajstić information content (AvgIpc) is 3.01. The molecule has 8 heteroatoms. The Morgan fingerprint density at radius 1 is 1.06 bits per heavy atom. The van der Waals surface area contributed by atoms with Crippen molar-refractivity contribution in [3.8, 4) is 0 Å². The van der Waals surface area contributed by atoms with Crippen molar-refractivity contribution in [2.75, 3.05) is 18.4 Å². The number of amides is 1. The van der Waals surface area contributed by atoms with Crippen LogP contribution in [0.25, 0.3) is 0 Å². The van der Waals surface area contributed by atoms with Crippen molar-refractivity contribution in [2.45, 2.75) is 50.5 Å². The zero-order valence-electron chi connectivity index (χ0n) is 18.0. The van der Waals surface area contributed by atoms with Crippen LogP contribution in [0, 0.1) is 6.92 Å². The molecule has 3 rings (SSSR count). The number of carbonyl (C=O) groups is 1. The van der Waals surface area contributed by atoms with Gasteiger partial charge in [-0.2, -0.15) is 0 Å². The standard InChI is InChI=1S/C23H30N4O3S/c1-17-8-5-6-9-21(17)18(2)25-16-23(28)26-19-11-13-20(14-12-19)31(29,30)27-22-10-4-3-7-15-24-22/h5-6,8-9,11-14,18,25H,3-4,7,10,15-16H2,1-2H3,(H,24,27)(H,26,28)/t18-/m0/s1. The zero-order chi connectivity index (χ0) is 22.3. The quantitative estimate of drug-likeness (QED) is 0.611. The molecule has 0 aliphatic carbocycles. The lowest BCUT2D eigenvalue weighted by Crippen LogP contribution is -2.31. The number of benzene rings is 2. The van der Waals surface area contributed by atoms with Gasteiger partial charge in [0.1, 0.15) is 5.84 Å². The molecule has 0 bridgehead atoms. The van der Waals surface area contributed by atoms with Gasteiger partial charge in [0.25, 0.3) is 10.0 Å². The van der Waals surface area contributed by atoms with Gasteiger partial charge in [-0.3, -0.25) is 14.5 Å². The van der Waals surface area contributed by atoms with E-state index >= 15 is 0 Å². The van der Waals surface area contributed by atoms with E-state index in [-0.39, 0.29) is 23.4 Å². The van der Waals surface area contributed by atoms with Gasteiger partial charge in [-0.15, -0.1) is 0 Å². The summed E-state index contributed by atoms with van der Waals surface area (Å²) in [5.74, 6) is 0.325. The number of carbonyl (C=O) groups excluding carboxylic acids is 1. The average molecular weight is 443 g/mol. The molecular formula is C23H30N4O3S. The number of nitrogens with zero attached hydrogens (tertiary/aromatic N) is 1. The van der Waals surface area contributed by atoms with E-state index in [2.05, 4.69) is 20.3 Å². The smallest absolute Gasteiger partial charge is 0.262 e. The minimum Gasteiger partial charge on any atom is -0.325 e. The van der Waals surface area contributed by atoms with Crippen LogP contribution in [0.3, 0.4) is 0 Å². The second kappa shape index (κ2) is 10.5. The third-order valence-corrected chi connectivity index (χ3v) is 6.70. The van der Waals surface area contributed by atoms with Crippen molar-refractivity contribution in [1.82, 2.24) is 10.0 Å². The first-order valence-electron chi connectivity index (χ1n) is 10.6. The molecule has 0 spiro atoms. The third kappa shape index (κ3) is 6.63. The van der Waals surface area contributed by atoms with Gasteiger partial charge in [-0.25, -0.2) is 8.42 Å². The molecular weight excluding hydrogens is 412 g/mol. The lowest BCUT2D eigenvalue weighted by Gasteiger charge is -2.16. The van der Waals surface area contributed by atoms with Gasteiger partial charge in [-0.05, 0) is 62.1 Å². The Morgan fingerprint density at radius 2 is 1.81 bits per heavy atom. The number of rotatable bonds is 7. The molecule has 2 aromatic carbocycles. The van der Waals surface area contributed by atoms with E-state index in [0.717, 1.165) is 24.8 Å². The van der Waals surface area contributed by atoms with E-state index in [1.807, 2.05) is 38.1 Å². The summed E-state index contributed by atoms with van der Waals surface area (Å²) < 4.78 is 27.8. The maximum atomic E-state index is 12.6. The monoisotopic (exact) mass is 442 g/mol. The fraction of sp³-hybridized carbons (Fsp3) is 0.391. The van der Waals surface area contributed by atoms with Crippen molar-refractivity contribution >= 4 is 27.5 Å². The van der Waals surface area contributed by atoms with Crippen LogP contribution in [-0.2, 0) is 14.8 Å². The number of nitrogens with one attached hydrogen (secondary N) is 3. The molecule has 0 aromatic heterocycles. The highest BCUT2D eigenvalue weighted by atomic mass is 32.2. The molecule has 1 aliphatic heterocycles. The minimum absolute atomic E-state index is 0.0393. The maximum absolute atomic E-state index is 12.6. The highest BCUT2D eigenvalue weighted by Crippen LogP contribution is 2.17. The predicted molar refractivity (Wildman–Crippen MR) is 124 cm³/mol. The number of hydrogen-bond donors (Lipinski definition) is 3. The van der Waals surface area contributed by atoms with Gasteiger partial charge in [-0.1, -0.05) is 30.7 Å². The highest BCUT2D eigenvalue weighted by Gasteiger charge is 2.17. The number of amidine groups is 1. The van der Waals surface area contributed by atoms with Crippen LogP contribution in [0.2, 0.25) is 0 Å². The Morgan fingerprint density at radius 3 is 2.55 bits per heavy atom. The van der Waals surface area contributed by atoms with Gasteiger partial charge in [0.05, 0.1) is 11.4 Å². The van der Waals surface area contributed by atoms with Crippen molar-refractivity contribution in [2.24, 2.45) is 4.99 Å². The van der Waals surface area contributed by atoms with E-state index in [9.17, 15) is 13.2 Å². The number of aliphatic imine (C=N–C) groups is 1. The second-order valence-electron chi connectivity index (χ2n) is 7.78. The molecule has 0 fully saturated rings. The molecule has 0 saturated heterocycles. The summed E-state index contributed by atoms with van der Waals surface area (Å²) in [4.78, 5) is 16.7. The van der Waals surface area contributed by atoms with Crippen molar-refractivity contribution in [3.63, 3.8) is 0 Å². The van der Waals surface area contributed by atoms with Crippen LogP contribution < -0.4 is 15.4 Å². The molecule has 1 heterocycles. The Hall–Kier alpha value is -2.71. The third-order valence-electron chi connectivity index (χ3n) is 5.30. The lowest BCUT2D eigenvalue weighted by atomic mass is 10.0. The van der Waals surface area contributed by atoms with Crippen molar-refractivity contribution in [1.29, 1.82) is 0 Å². The largest absolute Gasteiger partial charge is 0.325 e. The first kappa shape index (κ1) is 23.0. The van der Waals surface area contributed by atoms with Crippen molar-refractivity contribution in [3.05, 3.63) is 59.7 Å². The molecule has 1 amide bonds. The lowest BCUT2D eigenvalue weighted by molar-refractivity contribution is -0.115. The van der Waals surface area contributed by atoms with Crippen LogP contribution in [0.15, 0.2) is 58.4 Å². The van der Waals surface area contributed by atoms with Gasteiger partial charge in [0.15, 0.2) is 0 Å². The van der Waals surface area contributed by atoms with E-state index in [0.29, 0.717) is 24.5 Å². The fourth-order valence-corrected chi connectivity index (χ4v) is 4.61. The summed E-state index contributed by atoms with van der Waals surface area (Å²) in [5.41, 5.74) is 2.86. The van der Waals surface area contributed by atoms with E-state index in [1.54, 1.807) is 12.1 Å². The normalized spacial score (nSPS) is 15.5. The van der Waals surface area contributed by atoms with Crippen LogP contribution in [0.4, 0.5) is 5.69 Å². The number of aryl methyl sites for hydroxylation is 1. The number of hydrogen-bond acceptors (Lipinski definition) is 5. The summed E-state index contributed by atoms with van der Waals surface area (Å²) in [7, 11) is -3.68. The van der Waals surface area contributed by atoms with E-state index in [1.165, 1.54) is 17.7 Å². The van der Waals surface area contributed by atoms with Crippen LogP contribution >= 0.6 is 0 Å². The molecule has 0 radical (unpaired) electrons. The number of sulfonamides is 1. The van der Waals surface area contributed by atoms with E-state index < -0.39 is 10.0 Å². The van der Waals surface area contributed by atoms with Gasteiger partial charge >= 0.3 is 0 Å². The molecule has 0 saturated carbocycles. The number of anilines is 1. The highest BCUT2D eigenvalue weighted by molar-refractivity contribution is 7.90. The molecule has 31 heavy (non-hydrogen) atoms. The molecule has 7 nitrogen and oxygen atoms in total. The second-order valence-corrected chi connectivity index (χ2v) is 9.46. The molecule has 3 N–H and O–H groups in total. The fourth-order valence-electron chi connectivity index (χ4n) is 3.52. The Bertz CT molecular complexity index is 1030. The van der Waals surface area contributed by atoms with Crippen LogP contribution in [0.1, 0.15) is 49.8 Å². The molecule has 166 valence electrons. The Balaban J connectivity index is 1.54. The zero-order valence-corrected chi connectivity index (χ0v) is 18.8. The molecule has 0 unspecified atom stereocenters. The molecule has 1 atom stereocenters. The first-order valence-corrected chi connectivity index (χ1v) is 12.1. The van der Waals surface area contributed by atoms with Gasteiger partial charge in [0, 0.05) is 24.7 Å². The summed E-state index contributed by atoms with van der Waals surface area (Å²) >= 11 is 0. The minimum atomic E-state index is -3.68. The van der Waals surface area contributed by atoms with Crippen LogP contribution in [-0.4, -0.2) is 33.3 Å². The molecule has 2 aromatic rings. The van der Waals surface area contributed by atoms with Crippen molar-refractivity contribution < 1.29 is 13.2 Å². The Labute approximate surface area is 184 Å². The van der Waals surface area contributed by atoms with E-state index in [4.69, 9.17) is 0 Å². The summed E-state index contributed by atoms with van der Waals surface area (Å²) in [6.07, 6.45) is 3.62. The van der Waals surface area contributed by atoms with Gasteiger partial charge in [0.2, 0.25) is 5.91 Å². The topological polar surface area (TPSA) is 99.7 Å².